The maximum Gasteiger partial charge on any atom is 0.246 e. The van der Waals surface area contributed by atoms with Crippen molar-refractivity contribution in [2.75, 3.05) is 39.9 Å². The largest absolute Gasteiger partial charge is 0.411 e. The first-order valence-corrected chi connectivity index (χ1v) is 11.3. The van der Waals surface area contributed by atoms with E-state index in [4.69, 9.17) is 15.2 Å². The van der Waals surface area contributed by atoms with Crippen molar-refractivity contribution < 1.29 is 24.7 Å². The fourth-order valence-corrected chi connectivity index (χ4v) is 2.89. The molecule has 11 heteroatoms. The normalized spacial score (nSPS) is 13.3. The number of nitrogens with one attached hydrogen (secondary N) is 4. The van der Waals surface area contributed by atoms with E-state index in [9.17, 15) is 9.59 Å². The number of carbonyl (C=O) groups excluding carboxylic acids is 2. The van der Waals surface area contributed by atoms with E-state index in [0.29, 0.717) is 37.0 Å². The first-order valence-electron chi connectivity index (χ1n) is 11.3. The summed E-state index contributed by atoms with van der Waals surface area (Å²) < 4.78 is 5.07. The lowest BCUT2D eigenvalue weighted by atomic mass is 9.94. The third kappa shape index (κ3) is 13.2. The lowest BCUT2D eigenvalue weighted by molar-refractivity contribution is -0.130. The molecule has 0 aromatic carbocycles. The van der Waals surface area contributed by atoms with Gasteiger partial charge < -0.3 is 36.4 Å². The van der Waals surface area contributed by atoms with Crippen molar-refractivity contribution in [1.29, 1.82) is 0 Å². The number of rotatable bonds is 17. The molecule has 0 radical (unpaired) electrons. The molecule has 0 rings (SSSR count). The molecule has 0 saturated heterocycles. The topological polar surface area (TPSA) is 157 Å². The van der Waals surface area contributed by atoms with Crippen molar-refractivity contribution in [1.82, 2.24) is 21.3 Å². The summed E-state index contributed by atoms with van der Waals surface area (Å²) in [5.74, 6) is -0.237. The molecule has 0 heterocycles. The Morgan fingerprint density at radius 1 is 0.818 bits per heavy atom. The Balaban J connectivity index is 4.70. The van der Waals surface area contributed by atoms with E-state index in [2.05, 4.69) is 31.6 Å². The first-order chi connectivity index (χ1) is 15.4. The zero-order valence-corrected chi connectivity index (χ0v) is 21.2. The summed E-state index contributed by atoms with van der Waals surface area (Å²) in [7, 11) is 1.51. The lowest BCUT2D eigenvalue weighted by Gasteiger charge is -2.28. The molecule has 6 N–H and O–H groups in total. The van der Waals surface area contributed by atoms with Crippen molar-refractivity contribution in [3.63, 3.8) is 0 Å². The van der Waals surface area contributed by atoms with Gasteiger partial charge in [-0.05, 0) is 79.8 Å². The molecule has 0 bridgehead atoms. The second kappa shape index (κ2) is 15.6. The summed E-state index contributed by atoms with van der Waals surface area (Å²) in [5, 5.41) is 36.8. The van der Waals surface area contributed by atoms with Crippen LogP contribution in [0, 0.1) is 5.92 Å². The van der Waals surface area contributed by atoms with Gasteiger partial charge in [0.25, 0.3) is 0 Å². The number of hydrogen-bond acceptors (Lipinski definition) is 9. The Hall–Kier alpha value is -2.24. The van der Waals surface area contributed by atoms with Crippen molar-refractivity contribution in [2.45, 2.75) is 71.9 Å². The van der Waals surface area contributed by atoms with Gasteiger partial charge in [0.15, 0.2) is 0 Å². The van der Waals surface area contributed by atoms with Gasteiger partial charge in [-0.25, -0.2) is 0 Å². The predicted molar refractivity (Wildman–Crippen MR) is 129 cm³/mol. The summed E-state index contributed by atoms with van der Waals surface area (Å²) in [6.07, 6.45) is 2.49. The van der Waals surface area contributed by atoms with E-state index in [-0.39, 0.29) is 25.0 Å². The van der Waals surface area contributed by atoms with Crippen LogP contribution in [0.4, 0.5) is 0 Å². The van der Waals surface area contributed by atoms with Gasteiger partial charge in [-0.2, -0.15) is 0 Å². The van der Waals surface area contributed by atoms with Crippen LogP contribution >= 0.6 is 0 Å². The average molecular weight is 473 g/mol. The number of nitrogens with zero attached hydrogens (tertiary/aromatic N) is 2. The van der Waals surface area contributed by atoms with Crippen LogP contribution in [0.2, 0.25) is 0 Å². The summed E-state index contributed by atoms with van der Waals surface area (Å²) in [6, 6.07) is 0. The summed E-state index contributed by atoms with van der Waals surface area (Å²) in [4.78, 5) is 23.1. The molecule has 192 valence electrons. The number of oxime groups is 2. The Labute approximate surface area is 197 Å². The summed E-state index contributed by atoms with van der Waals surface area (Å²) in [6.45, 7) is 13.0. The van der Waals surface area contributed by atoms with Gasteiger partial charge in [0.1, 0.15) is 13.2 Å². The molecule has 11 nitrogen and oxygen atoms in total. The van der Waals surface area contributed by atoms with Crippen LogP contribution in [0.25, 0.3) is 0 Å². The highest BCUT2D eigenvalue weighted by atomic mass is 16.5. The minimum absolute atomic E-state index is 0.150. The molecule has 0 aliphatic heterocycles. The van der Waals surface area contributed by atoms with Crippen LogP contribution in [0.1, 0.15) is 60.8 Å². The molecule has 0 spiro atoms. The molecule has 0 saturated carbocycles. The second-order valence-corrected chi connectivity index (χ2v) is 9.22. The maximum atomic E-state index is 11.9. The Morgan fingerprint density at radius 3 is 1.67 bits per heavy atom. The standard InChI is InChI=1S/C22H44N6O5/c1-16(27-31)21(3,4)25-12-9-18(10-13-26-22(5,6)17(2)28-32)8-11-24-20(30)15-33-14-19(29)23-7/h18,25-26,31-32H,8-15H2,1-7H3,(H,23,29)(H,24,30)/b27-16-,28-17-. The van der Waals surface area contributed by atoms with Gasteiger partial charge in [-0.1, -0.05) is 10.3 Å². The Morgan fingerprint density at radius 2 is 1.24 bits per heavy atom. The van der Waals surface area contributed by atoms with Crippen molar-refractivity contribution in [3.05, 3.63) is 0 Å². The quantitative estimate of drug-likeness (QED) is 0.105. The molecule has 0 aliphatic rings. The van der Waals surface area contributed by atoms with Gasteiger partial charge in [-0.3, -0.25) is 9.59 Å². The maximum absolute atomic E-state index is 11.9. The van der Waals surface area contributed by atoms with Crippen LogP contribution in [-0.2, 0) is 14.3 Å². The van der Waals surface area contributed by atoms with Gasteiger partial charge >= 0.3 is 0 Å². The molecule has 0 atom stereocenters. The molecular weight excluding hydrogens is 428 g/mol. The molecular formula is C22H44N6O5. The van der Waals surface area contributed by atoms with E-state index < -0.39 is 11.1 Å². The summed E-state index contributed by atoms with van der Waals surface area (Å²) in [5.41, 5.74) is 0.352. The monoisotopic (exact) mass is 472 g/mol. The molecule has 33 heavy (non-hydrogen) atoms. The fourth-order valence-electron chi connectivity index (χ4n) is 2.89. The van der Waals surface area contributed by atoms with Crippen molar-refractivity contribution in [2.24, 2.45) is 16.2 Å². The molecule has 2 amide bonds. The molecule has 0 fully saturated rings. The van der Waals surface area contributed by atoms with Gasteiger partial charge in [-0.15, -0.1) is 0 Å². The third-order valence-electron chi connectivity index (χ3n) is 5.97. The van der Waals surface area contributed by atoms with Gasteiger partial charge in [0, 0.05) is 13.6 Å². The van der Waals surface area contributed by atoms with E-state index in [1.807, 2.05) is 27.7 Å². The highest BCUT2D eigenvalue weighted by Crippen LogP contribution is 2.15. The molecule has 0 aromatic heterocycles. The minimum atomic E-state index is -0.426. The summed E-state index contributed by atoms with van der Waals surface area (Å²) >= 11 is 0. The molecule has 0 aliphatic carbocycles. The number of likely N-dealkylation sites (N-methyl/N-ethyl adjacent to an activating group) is 1. The lowest BCUT2D eigenvalue weighted by Crippen LogP contribution is -2.47. The number of carbonyl (C=O) groups is 2. The first kappa shape index (κ1) is 30.8. The highest BCUT2D eigenvalue weighted by Gasteiger charge is 2.23. The van der Waals surface area contributed by atoms with Crippen LogP contribution in [-0.4, -0.2) is 84.6 Å². The zero-order chi connectivity index (χ0) is 25.5. The van der Waals surface area contributed by atoms with Crippen LogP contribution in [0.3, 0.4) is 0 Å². The zero-order valence-electron chi connectivity index (χ0n) is 21.2. The minimum Gasteiger partial charge on any atom is -0.411 e. The molecule has 0 unspecified atom stereocenters. The predicted octanol–water partition coefficient (Wildman–Crippen LogP) is 1.09. The smallest absolute Gasteiger partial charge is 0.246 e. The van der Waals surface area contributed by atoms with Crippen molar-refractivity contribution in [3.8, 4) is 0 Å². The van der Waals surface area contributed by atoms with E-state index in [1.54, 1.807) is 13.8 Å². The SMILES string of the molecule is CNC(=O)COCC(=O)NCCC(CCNC(C)(C)/C(C)=N\O)CCNC(C)(C)/C(C)=N\O. The number of amides is 2. The van der Waals surface area contributed by atoms with Gasteiger partial charge in [0.2, 0.25) is 11.8 Å². The van der Waals surface area contributed by atoms with E-state index >= 15 is 0 Å². The number of ether oxygens (including phenoxy) is 1. The Bertz CT molecular complexity index is 628. The number of hydrogen-bond donors (Lipinski definition) is 6. The fraction of sp³-hybridized carbons (Fsp3) is 0.818. The average Bonchev–Trinajstić information content (AvgIpc) is 2.76. The van der Waals surface area contributed by atoms with Crippen molar-refractivity contribution >= 4 is 23.2 Å². The van der Waals surface area contributed by atoms with Crippen LogP contribution < -0.4 is 21.3 Å². The molecule has 0 aromatic rings. The highest BCUT2D eigenvalue weighted by molar-refractivity contribution is 5.90. The van der Waals surface area contributed by atoms with Crippen LogP contribution in [0.15, 0.2) is 10.3 Å². The second-order valence-electron chi connectivity index (χ2n) is 9.22. The van der Waals surface area contributed by atoms with Gasteiger partial charge in [0.05, 0.1) is 22.5 Å². The van der Waals surface area contributed by atoms with E-state index in [0.717, 1.165) is 19.3 Å². The van der Waals surface area contributed by atoms with E-state index in [1.165, 1.54) is 7.05 Å². The Kier molecular flexibility index (Phi) is 14.5. The van der Waals surface area contributed by atoms with Crippen LogP contribution in [0.5, 0.6) is 0 Å². The third-order valence-corrected chi connectivity index (χ3v) is 5.97.